The number of aliphatic hydroxyl groups is 1. The van der Waals surface area contributed by atoms with Crippen LogP contribution in [-0.2, 0) is 19.1 Å². The van der Waals surface area contributed by atoms with Gasteiger partial charge in [0.05, 0.1) is 6.10 Å². The highest BCUT2D eigenvalue weighted by molar-refractivity contribution is 5.79. The van der Waals surface area contributed by atoms with Crippen LogP contribution in [0.1, 0.15) is 65.2 Å². The number of unbranched alkanes of at least 4 members (excludes halogenated alkanes) is 3. The number of methoxy groups -OCH3 is 2. The van der Waals surface area contributed by atoms with Crippen molar-refractivity contribution in [3.05, 3.63) is 24.3 Å². The molecule has 0 bridgehead atoms. The molecule has 0 rings (SSSR count). The number of aliphatic carboxylic acids is 1. The Kier molecular flexibility index (Phi) is 15.6. The number of hydrogen-bond acceptors (Lipinski definition) is 5. The Bertz CT molecular complexity index is 481. The standard InChI is InChI=1S/C22H38O6/c1-5-6-9-12-18(24)15-16-20(22(27-3)28-4)19(17(2)23)13-10-7-8-11-14-21(25)26/h7,10,15-16,18-20,22,24H,5-6,8-9,11-14H2,1-4H3,(H,25,26)/b10-7-,16-15+/t18?,19-,20+/m1/s1. The van der Waals surface area contributed by atoms with Gasteiger partial charge in [-0.15, -0.1) is 0 Å². The van der Waals surface area contributed by atoms with Gasteiger partial charge in [-0.1, -0.05) is 50.5 Å². The second-order valence-electron chi connectivity index (χ2n) is 7.08. The first kappa shape index (κ1) is 26.5. The van der Waals surface area contributed by atoms with Gasteiger partial charge in [-0.05, 0) is 32.6 Å². The van der Waals surface area contributed by atoms with Crippen LogP contribution >= 0.6 is 0 Å². The number of ether oxygens (including phenoxy) is 2. The maximum absolute atomic E-state index is 12.3. The highest BCUT2D eigenvalue weighted by atomic mass is 16.7. The lowest BCUT2D eigenvalue weighted by Gasteiger charge is -2.28. The van der Waals surface area contributed by atoms with Crippen molar-refractivity contribution in [2.24, 2.45) is 11.8 Å². The molecule has 6 heteroatoms. The Hall–Kier alpha value is -1.50. The summed E-state index contributed by atoms with van der Waals surface area (Å²) in [6, 6.07) is 0. The van der Waals surface area contributed by atoms with Crippen LogP contribution in [0.5, 0.6) is 0 Å². The fraction of sp³-hybridized carbons (Fsp3) is 0.727. The predicted molar refractivity (Wildman–Crippen MR) is 110 cm³/mol. The third-order valence-corrected chi connectivity index (χ3v) is 4.74. The van der Waals surface area contributed by atoms with Crippen molar-refractivity contribution in [2.45, 2.75) is 77.6 Å². The molecule has 0 aliphatic carbocycles. The van der Waals surface area contributed by atoms with Crippen LogP contribution < -0.4 is 0 Å². The number of carboxylic acid groups (broad SMARTS) is 1. The molecule has 28 heavy (non-hydrogen) atoms. The molecule has 0 aliphatic heterocycles. The monoisotopic (exact) mass is 398 g/mol. The van der Waals surface area contributed by atoms with E-state index in [9.17, 15) is 14.7 Å². The van der Waals surface area contributed by atoms with Crippen LogP contribution in [-0.4, -0.2) is 48.6 Å². The molecule has 0 aromatic carbocycles. The normalized spacial score (nSPS) is 15.4. The van der Waals surface area contributed by atoms with Crippen LogP contribution in [0.25, 0.3) is 0 Å². The predicted octanol–water partition coefficient (Wildman–Crippen LogP) is 4.13. The molecule has 0 fully saturated rings. The van der Waals surface area contributed by atoms with Crippen molar-refractivity contribution in [3.8, 4) is 0 Å². The van der Waals surface area contributed by atoms with Gasteiger partial charge in [0.15, 0.2) is 6.29 Å². The number of ketones is 1. The highest BCUT2D eigenvalue weighted by Crippen LogP contribution is 2.26. The van der Waals surface area contributed by atoms with Crippen LogP contribution in [0, 0.1) is 11.8 Å². The smallest absolute Gasteiger partial charge is 0.303 e. The van der Waals surface area contributed by atoms with E-state index >= 15 is 0 Å². The minimum absolute atomic E-state index is 0.0180. The summed E-state index contributed by atoms with van der Waals surface area (Å²) in [6.07, 6.45) is 11.9. The number of carbonyl (C=O) groups is 2. The first-order valence-corrected chi connectivity index (χ1v) is 10.2. The van der Waals surface area contributed by atoms with Gasteiger partial charge >= 0.3 is 5.97 Å². The van der Waals surface area contributed by atoms with E-state index in [1.54, 1.807) is 13.0 Å². The number of rotatable bonds is 17. The number of allylic oxidation sites excluding steroid dienone is 2. The number of hydrogen-bond donors (Lipinski definition) is 2. The Labute approximate surface area is 169 Å². The van der Waals surface area contributed by atoms with Crippen molar-refractivity contribution in [3.63, 3.8) is 0 Å². The third-order valence-electron chi connectivity index (χ3n) is 4.74. The summed E-state index contributed by atoms with van der Waals surface area (Å²) < 4.78 is 10.8. The summed E-state index contributed by atoms with van der Waals surface area (Å²) in [5, 5.41) is 18.8. The maximum Gasteiger partial charge on any atom is 0.303 e. The molecule has 3 atom stereocenters. The van der Waals surface area contributed by atoms with Gasteiger partial charge in [-0.25, -0.2) is 0 Å². The van der Waals surface area contributed by atoms with Gasteiger partial charge in [-0.2, -0.15) is 0 Å². The molecule has 0 aliphatic rings. The van der Waals surface area contributed by atoms with Crippen molar-refractivity contribution < 1.29 is 29.3 Å². The second-order valence-corrected chi connectivity index (χ2v) is 7.08. The molecule has 0 radical (unpaired) electrons. The zero-order valence-electron chi connectivity index (χ0n) is 17.8. The van der Waals surface area contributed by atoms with Crippen molar-refractivity contribution in [1.82, 2.24) is 0 Å². The third kappa shape index (κ3) is 12.1. The van der Waals surface area contributed by atoms with E-state index in [1.807, 2.05) is 18.2 Å². The van der Waals surface area contributed by atoms with E-state index < -0.39 is 18.4 Å². The summed E-state index contributed by atoms with van der Waals surface area (Å²) in [4.78, 5) is 22.8. The van der Waals surface area contributed by atoms with Gasteiger partial charge in [0, 0.05) is 32.5 Å². The Balaban J connectivity index is 5.04. The fourth-order valence-corrected chi connectivity index (χ4v) is 3.11. The number of aliphatic hydroxyl groups excluding tert-OH is 1. The molecule has 0 saturated carbocycles. The van der Waals surface area contributed by atoms with Crippen LogP contribution in [0.4, 0.5) is 0 Å². The zero-order valence-corrected chi connectivity index (χ0v) is 17.8. The van der Waals surface area contributed by atoms with Gasteiger partial charge < -0.3 is 19.7 Å². The quantitative estimate of drug-likeness (QED) is 0.217. The minimum atomic E-state index is -0.805. The molecular formula is C22H38O6. The van der Waals surface area contributed by atoms with E-state index in [1.165, 1.54) is 14.2 Å². The average molecular weight is 399 g/mol. The van der Waals surface area contributed by atoms with Crippen molar-refractivity contribution >= 4 is 11.8 Å². The lowest BCUT2D eigenvalue weighted by Crippen LogP contribution is -2.33. The molecule has 0 aromatic heterocycles. The Morgan fingerprint density at radius 3 is 2.25 bits per heavy atom. The van der Waals surface area contributed by atoms with Gasteiger partial charge in [0.1, 0.15) is 5.78 Å². The number of carboxylic acids is 1. The topological polar surface area (TPSA) is 93.1 Å². The summed E-state index contributed by atoms with van der Waals surface area (Å²) in [5.74, 6) is -1.46. The first-order valence-electron chi connectivity index (χ1n) is 10.2. The zero-order chi connectivity index (χ0) is 21.4. The lowest BCUT2D eigenvalue weighted by molar-refractivity contribution is -0.147. The van der Waals surface area contributed by atoms with Crippen LogP contribution in [0.2, 0.25) is 0 Å². The van der Waals surface area contributed by atoms with Gasteiger partial charge in [0.2, 0.25) is 0 Å². The molecule has 0 saturated heterocycles. The van der Waals surface area contributed by atoms with E-state index in [4.69, 9.17) is 14.6 Å². The molecular weight excluding hydrogens is 360 g/mol. The number of carbonyl (C=O) groups excluding carboxylic acids is 1. The fourth-order valence-electron chi connectivity index (χ4n) is 3.11. The molecule has 2 N–H and O–H groups in total. The Morgan fingerprint density at radius 1 is 1.04 bits per heavy atom. The van der Waals surface area contributed by atoms with Crippen molar-refractivity contribution in [2.75, 3.05) is 14.2 Å². The second kappa shape index (κ2) is 16.5. The summed E-state index contributed by atoms with van der Waals surface area (Å²) >= 11 is 0. The van der Waals surface area contributed by atoms with Crippen LogP contribution in [0.15, 0.2) is 24.3 Å². The lowest BCUT2D eigenvalue weighted by atomic mass is 9.84. The molecule has 0 amide bonds. The summed E-state index contributed by atoms with van der Waals surface area (Å²) in [7, 11) is 3.07. The SMILES string of the molecule is CCCCCC(O)/C=C/[C@H](C(OC)OC)[C@H](C/C=C\CCCC(=O)O)C(C)=O. The molecule has 0 aromatic rings. The molecule has 6 nitrogen and oxygen atoms in total. The van der Waals surface area contributed by atoms with Gasteiger partial charge in [-0.3, -0.25) is 9.59 Å². The Morgan fingerprint density at radius 2 is 1.71 bits per heavy atom. The summed E-state index contributed by atoms with van der Waals surface area (Å²) in [6.45, 7) is 3.66. The van der Waals surface area contributed by atoms with Crippen LogP contribution in [0.3, 0.4) is 0 Å². The van der Waals surface area contributed by atoms with E-state index in [0.717, 1.165) is 19.3 Å². The van der Waals surface area contributed by atoms with E-state index in [0.29, 0.717) is 25.7 Å². The highest BCUT2D eigenvalue weighted by Gasteiger charge is 2.30. The molecule has 162 valence electrons. The molecule has 0 heterocycles. The average Bonchev–Trinajstić information content (AvgIpc) is 2.65. The van der Waals surface area contributed by atoms with Crippen molar-refractivity contribution in [1.29, 1.82) is 0 Å². The first-order chi connectivity index (χ1) is 13.4. The molecule has 1 unspecified atom stereocenters. The minimum Gasteiger partial charge on any atom is -0.481 e. The van der Waals surface area contributed by atoms with E-state index in [-0.39, 0.29) is 24.0 Å². The molecule has 0 spiro atoms. The number of Topliss-reactive ketones (excluding diaryl/α,β-unsaturated/α-hetero) is 1. The maximum atomic E-state index is 12.3. The largest absolute Gasteiger partial charge is 0.481 e. The van der Waals surface area contributed by atoms with Gasteiger partial charge in [0.25, 0.3) is 0 Å². The van der Waals surface area contributed by atoms with E-state index in [2.05, 4.69) is 6.92 Å². The summed E-state index contributed by atoms with van der Waals surface area (Å²) in [5.41, 5.74) is 0.